The molecule has 3 aliphatic rings. The predicted octanol–water partition coefficient (Wildman–Crippen LogP) is 2.34. The summed E-state index contributed by atoms with van der Waals surface area (Å²) in [7, 11) is 0. The van der Waals surface area contributed by atoms with Crippen molar-refractivity contribution >= 4 is 0 Å². The summed E-state index contributed by atoms with van der Waals surface area (Å²) in [6.07, 6.45) is 5.38. The van der Waals surface area contributed by atoms with Crippen molar-refractivity contribution < 1.29 is 14.2 Å². The average Bonchev–Trinajstić information content (AvgIpc) is 3.06. The van der Waals surface area contributed by atoms with Crippen LogP contribution in [-0.4, -0.2) is 31.2 Å². The minimum Gasteiger partial charge on any atom is -0.373 e. The van der Waals surface area contributed by atoms with E-state index in [0.717, 1.165) is 32.5 Å². The van der Waals surface area contributed by atoms with E-state index in [4.69, 9.17) is 14.2 Å². The van der Waals surface area contributed by atoms with Crippen molar-refractivity contribution in [3.8, 4) is 0 Å². The second-order valence-corrected chi connectivity index (χ2v) is 5.78. The Morgan fingerprint density at radius 2 is 2.19 bits per heavy atom. The van der Waals surface area contributed by atoms with E-state index in [9.17, 15) is 0 Å². The molecule has 0 N–H and O–H groups in total. The zero-order chi connectivity index (χ0) is 11.2. The normalized spacial score (nSPS) is 48.0. The highest BCUT2D eigenvalue weighted by atomic mass is 16.7. The molecule has 3 nitrogen and oxygen atoms in total. The molecule has 0 unspecified atom stereocenters. The molecule has 0 amide bonds. The predicted molar refractivity (Wildman–Crippen MR) is 60.1 cm³/mol. The van der Waals surface area contributed by atoms with Gasteiger partial charge in [0.1, 0.15) is 0 Å². The molecule has 0 aromatic heterocycles. The number of ether oxygens (including phenoxy) is 3. The summed E-state index contributed by atoms with van der Waals surface area (Å²) in [6, 6.07) is 0. The van der Waals surface area contributed by atoms with Crippen LogP contribution in [0.1, 0.15) is 39.5 Å². The maximum absolute atomic E-state index is 6.08. The first kappa shape index (κ1) is 11.0. The van der Waals surface area contributed by atoms with E-state index < -0.39 is 0 Å². The summed E-state index contributed by atoms with van der Waals surface area (Å²) in [5.74, 6) is 1.08. The van der Waals surface area contributed by atoms with Crippen LogP contribution in [0, 0.1) is 11.8 Å². The van der Waals surface area contributed by atoms with Crippen LogP contribution in [0.25, 0.3) is 0 Å². The van der Waals surface area contributed by atoms with E-state index >= 15 is 0 Å². The SMILES string of the molecule is C[C@H]1CC[C@@]2(CC[C@H](C)[C@H]3CO3)OC[C@@H]1O2. The third kappa shape index (κ3) is 2.01. The summed E-state index contributed by atoms with van der Waals surface area (Å²) in [4.78, 5) is 0. The molecule has 92 valence electrons. The van der Waals surface area contributed by atoms with Gasteiger partial charge in [-0.2, -0.15) is 0 Å². The third-order valence-electron chi connectivity index (χ3n) is 4.47. The van der Waals surface area contributed by atoms with E-state index in [-0.39, 0.29) is 5.79 Å². The number of fused-ring (bicyclic) bond motifs is 2. The van der Waals surface area contributed by atoms with E-state index in [2.05, 4.69) is 13.8 Å². The van der Waals surface area contributed by atoms with Gasteiger partial charge in [0.15, 0.2) is 5.79 Å². The highest BCUT2D eigenvalue weighted by Gasteiger charge is 2.47. The first-order valence-electron chi connectivity index (χ1n) is 6.62. The molecule has 5 atom stereocenters. The maximum atomic E-state index is 6.08. The summed E-state index contributed by atoms with van der Waals surface area (Å²) >= 11 is 0. The monoisotopic (exact) mass is 226 g/mol. The molecular formula is C13H22O3. The van der Waals surface area contributed by atoms with Crippen molar-refractivity contribution in [2.75, 3.05) is 13.2 Å². The van der Waals surface area contributed by atoms with Gasteiger partial charge < -0.3 is 14.2 Å². The molecule has 0 saturated carbocycles. The van der Waals surface area contributed by atoms with Crippen molar-refractivity contribution in [1.82, 2.24) is 0 Å². The van der Waals surface area contributed by atoms with Crippen LogP contribution in [0.2, 0.25) is 0 Å². The van der Waals surface area contributed by atoms with Crippen molar-refractivity contribution in [2.45, 2.75) is 57.5 Å². The molecule has 3 saturated heterocycles. The van der Waals surface area contributed by atoms with Gasteiger partial charge in [-0.05, 0) is 24.7 Å². The summed E-state index contributed by atoms with van der Waals surface area (Å²) in [5.41, 5.74) is 0. The highest BCUT2D eigenvalue weighted by Crippen LogP contribution is 2.43. The lowest BCUT2D eigenvalue weighted by molar-refractivity contribution is -0.203. The molecule has 3 heterocycles. The lowest BCUT2D eigenvalue weighted by atomic mass is 9.90. The zero-order valence-electron chi connectivity index (χ0n) is 10.3. The van der Waals surface area contributed by atoms with Gasteiger partial charge in [0, 0.05) is 12.8 Å². The fourth-order valence-corrected chi connectivity index (χ4v) is 2.90. The number of hydrogen-bond donors (Lipinski definition) is 0. The van der Waals surface area contributed by atoms with E-state index in [1.165, 1.54) is 6.42 Å². The van der Waals surface area contributed by atoms with E-state index in [1.54, 1.807) is 0 Å². The van der Waals surface area contributed by atoms with Gasteiger partial charge >= 0.3 is 0 Å². The Balaban J connectivity index is 1.54. The smallest absolute Gasteiger partial charge is 0.168 e. The van der Waals surface area contributed by atoms with Crippen LogP contribution in [0.3, 0.4) is 0 Å². The molecule has 3 fully saturated rings. The first-order valence-corrected chi connectivity index (χ1v) is 6.62. The maximum Gasteiger partial charge on any atom is 0.168 e. The molecule has 3 aliphatic heterocycles. The quantitative estimate of drug-likeness (QED) is 0.689. The van der Waals surface area contributed by atoms with Crippen LogP contribution in [0.4, 0.5) is 0 Å². The van der Waals surface area contributed by atoms with Crippen LogP contribution in [0.5, 0.6) is 0 Å². The van der Waals surface area contributed by atoms with Crippen LogP contribution < -0.4 is 0 Å². The minimum atomic E-state index is -0.236. The number of rotatable bonds is 4. The van der Waals surface area contributed by atoms with Crippen LogP contribution in [0.15, 0.2) is 0 Å². The highest BCUT2D eigenvalue weighted by molar-refractivity contribution is 4.89. The second kappa shape index (κ2) is 3.97. The number of hydrogen-bond acceptors (Lipinski definition) is 3. The first-order chi connectivity index (χ1) is 7.69. The largest absolute Gasteiger partial charge is 0.373 e. The van der Waals surface area contributed by atoms with Crippen LogP contribution >= 0.6 is 0 Å². The molecule has 3 heteroatoms. The molecule has 0 aromatic carbocycles. The molecule has 0 aromatic rings. The third-order valence-corrected chi connectivity index (χ3v) is 4.47. The lowest BCUT2D eigenvalue weighted by Gasteiger charge is -2.35. The molecule has 0 spiro atoms. The summed E-state index contributed by atoms with van der Waals surface area (Å²) in [5, 5.41) is 0. The Labute approximate surface area is 97.4 Å². The van der Waals surface area contributed by atoms with Gasteiger partial charge in [-0.1, -0.05) is 13.8 Å². The Hall–Kier alpha value is -0.120. The molecule has 16 heavy (non-hydrogen) atoms. The van der Waals surface area contributed by atoms with Gasteiger partial charge in [0.25, 0.3) is 0 Å². The zero-order valence-corrected chi connectivity index (χ0v) is 10.3. The van der Waals surface area contributed by atoms with E-state index in [0.29, 0.717) is 24.0 Å². The van der Waals surface area contributed by atoms with Crippen molar-refractivity contribution in [2.24, 2.45) is 11.8 Å². The Bertz CT molecular complexity index is 264. The van der Waals surface area contributed by atoms with Crippen LogP contribution in [-0.2, 0) is 14.2 Å². The van der Waals surface area contributed by atoms with Gasteiger partial charge in [-0.3, -0.25) is 0 Å². The molecular weight excluding hydrogens is 204 g/mol. The second-order valence-electron chi connectivity index (χ2n) is 5.78. The fourth-order valence-electron chi connectivity index (χ4n) is 2.90. The summed E-state index contributed by atoms with van der Waals surface area (Å²) < 4.78 is 17.3. The fraction of sp³-hybridized carbons (Fsp3) is 1.00. The van der Waals surface area contributed by atoms with Crippen molar-refractivity contribution in [3.63, 3.8) is 0 Å². The van der Waals surface area contributed by atoms with Crippen molar-refractivity contribution in [3.05, 3.63) is 0 Å². The minimum absolute atomic E-state index is 0.236. The van der Waals surface area contributed by atoms with E-state index in [1.807, 2.05) is 0 Å². The van der Waals surface area contributed by atoms with Crippen molar-refractivity contribution in [1.29, 1.82) is 0 Å². The Morgan fingerprint density at radius 3 is 2.94 bits per heavy atom. The standard InChI is InChI=1S/C13H22O3/c1-9(11-7-14-11)3-5-13-6-4-10(2)12(16-13)8-15-13/h9-12H,3-8H2,1-2H3/t9-,10-,11+,12-,13-/m0/s1. The molecule has 0 aliphatic carbocycles. The average molecular weight is 226 g/mol. The molecule has 3 rings (SSSR count). The van der Waals surface area contributed by atoms with Gasteiger partial charge in [-0.25, -0.2) is 0 Å². The van der Waals surface area contributed by atoms with Gasteiger partial charge in [0.2, 0.25) is 0 Å². The molecule has 2 bridgehead atoms. The Kier molecular flexibility index (Phi) is 2.73. The van der Waals surface area contributed by atoms with Gasteiger partial charge in [0.05, 0.1) is 25.4 Å². The Morgan fingerprint density at radius 1 is 1.38 bits per heavy atom. The summed E-state index contributed by atoms with van der Waals surface area (Å²) in [6.45, 7) is 6.29. The molecule has 0 radical (unpaired) electrons. The number of epoxide rings is 1. The topological polar surface area (TPSA) is 31.0 Å². The lowest BCUT2D eigenvalue weighted by Crippen LogP contribution is -2.37. The van der Waals surface area contributed by atoms with Gasteiger partial charge in [-0.15, -0.1) is 0 Å².